The second-order valence-corrected chi connectivity index (χ2v) is 9.03. The number of amides is 3. The van der Waals surface area contributed by atoms with E-state index in [1.165, 1.54) is 10.9 Å². The smallest absolute Gasteiger partial charge is 0.407 e. The predicted octanol–water partition coefficient (Wildman–Crippen LogP) is 4.05. The number of ether oxygens (including phenoxy) is 1. The van der Waals surface area contributed by atoms with E-state index >= 15 is 0 Å². The monoisotopic (exact) mass is 414 g/mol. The summed E-state index contributed by atoms with van der Waals surface area (Å²) >= 11 is 0. The molecule has 1 unspecified atom stereocenters. The van der Waals surface area contributed by atoms with Gasteiger partial charge in [0.25, 0.3) is 0 Å². The minimum absolute atomic E-state index is 0.0177. The molecule has 1 aliphatic rings. The zero-order valence-electron chi connectivity index (χ0n) is 18.3. The Bertz CT molecular complexity index is 855. The highest BCUT2D eigenvalue weighted by atomic mass is 16.6. The van der Waals surface area contributed by atoms with Crippen LogP contribution in [0.25, 0.3) is 10.9 Å². The van der Waals surface area contributed by atoms with Crippen LogP contribution in [0.4, 0.5) is 9.59 Å². The molecule has 1 fully saturated rings. The van der Waals surface area contributed by atoms with Crippen molar-refractivity contribution in [1.82, 2.24) is 20.5 Å². The number of aromatic nitrogens is 1. The number of nitrogens with zero attached hydrogens (tertiary/aromatic N) is 1. The lowest BCUT2D eigenvalue weighted by molar-refractivity contribution is 0.0511. The number of rotatable bonds is 6. The summed E-state index contributed by atoms with van der Waals surface area (Å²) in [6.45, 7) is 8.13. The Labute approximate surface area is 178 Å². The van der Waals surface area contributed by atoms with Gasteiger partial charge in [0.2, 0.25) is 0 Å². The van der Waals surface area contributed by atoms with E-state index in [0.717, 1.165) is 37.7 Å². The van der Waals surface area contributed by atoms with E-state index in [2.05, 4.69) is 33.9 Å². The summed E-state index contributed by atoms with van der Waals surface area (Å²) in [6.07, 6.45) is 5.42. The third-order valence-electron chi connectivity index (χ3n) is 5.31. The van der Waals surface area contributed by atoms with Gasteiger partial charge in [-0.1, -0.05) is 18.2 Å². The van der Waals surface area contributed by atoms with Crippen LogP contribution in [-0.2, 0) is 11.2 Å². The maximum absolute atomic E-state index is 12.5. The number of H-pyrrole nitrogens is 1. The summed E-state index contributed by atoms with van der Waals surface area (Å²) in [4.78, 5) is 29.5. The molecule has 1 saturated heterocycles. The van der Waals surface area contributed by atoms with Crippen LogP contribution in [-0.4, -0.2) is 53.8 Å². The number of nitrogens with one attached hydrogen (secondary N) is 3. The van der Waals surface area contributed by atoms with E-state index in [1.54, 1.807) is 0 Å². The van der Waals surface area contributed by atoms with E-state index in [9.17, 15) is 9.59 Å². The van der Waals surface area contributed by atoms with Crippen molar-refractivity contribution in [1.29, 1.82) is 0 Å². The summed E-state index contributed by atoms with van der Waals surface area (Å²) in [6, 6.07) is 8.25. The number of hydrogen-bond donors (Lipinski definition) is 3. The molecule has 1 aromatic carbocycles. The summed E-state index contributed by atoms with van der Waals surface area (Å²) in [5, 5.41) is 7.12. The van der Waals surface area contributed by atoms with Gasteiger partial charge in [0.15, 0.2) is 0 Å². The number of carbonyl (C=O) groups is 2. The quantitative estimate of drug-likeness (QED) is 0.624. The number of hydrogen-bond acceptors (Lipinski definition) is 3. The molecule has 0 radical (unpaired) electrons. The van der Waals surface area contributed by atoms with Crippen LogP contribution >= 0.6 is 0 Å². The molecule has 3 amide bonds. The van der Waals surface area contributed by atoms with E-state index in [0.29, 0.717) is 19.6 Å². The first-order valence-corrected chi connectivity index (χ1v) is 10.9. The van der Waals surface area contributed by atoms with Crippen molar-refractivity contribution < 1.29 is 14.3 Å². The van der Waals surface area contributed by atoms with Gasteiger partial charge in [-0.15, -0.1) is 0 Å². The molecule has 30 heavy (non-hydrogen) atoms. The second kappa shape index (κ2) is 9.87. The van der Waals surface area contributed by atoms with Crippen molar-refractivity contribution in [3.05, 3.63) is 36.0 Å². The van der Waals surface area contributed by atoms with Crippen molar-refractivity contribution in [3.63, 3.8) is 0 Å². The van der Waals surface area contributed by atoms with Crippen LogP contribution in [0.2, 0.25) is 0 Å². The average Bonchev–Trinajstić information content (AvgIpc) is 3.12. The number of fused-ring (bicyclic) bond motifs is 1. The standard InChI is InChI=1S/C23H34N4O3/c1-23(2,3)30-22(29)26-14-17-8-7-13-27(16-17)21(28)24-12-6-9-18-15-25-20-11-5-4-10-19(18)20/h4-5,10-11,15,17,25H,6-9,12-14,16H2,1-3H3,(H,24,28)(H,26,29). The Morgan fingerprint density at radius 3 is 2.83 bits per heavy atom. The van der Waals surface area contributed by atoms with E-state index in [1.807, 2.05) is 37.8 Å². The van der Waals surface area contributed by atoms with Crippen molar-refractivity contribution in [2.45, 2.75) is 52.1 Å². The third kappa shape index (κ3) is 6.40. The lowest BCUT2D eigenvalue weighted by Crippen LogP contribution is -2.48. The van der Waals surface area contributed by atoms with Crippen LogP contribution < -0.4 is 10.6 Å². The van der Waals surface area contributed by atoms with Crippen LogP contribution in [0.5, 0.6) is 0 Å². The Hall–Kier alpha value is -2.70. The van der Waals surface area contributed by atoms with Crippen LogP contribution in [0.3, 0.4) is 0 Å². The molecule has 3 rings (SSSR count). The predicted molar refractivity (Wildman–Crippen MR) is 119 cm³/mol. The fourth-order valence-corrected chi connectivity index (χ4v) is 3.88. The number of benzene rings is 1. The highest BCUT2D eigenvalue weighted by Crippen LogP contribution is 2.19. The van der Waals surface area contributed by atoms with Gasteiger partial charge < -0.3 is 25.3 Å². The van der Waals surface area contributed by atoms with Gasteiger partial charge in [0, 0.05) is 43.3 Å². The fraction of sp³-hybridized carbons (Fsp3) is 0.565. The SMILES string of the molecule is CC(C)(C)OC(=O)NCC1CCCN(C(=O)NCCCc2c[nH]c3ccccc23)C1. The van der Waals surface area contributed by atoms with Crippen molar-refractivity contribution in [3.8, 4) is 0 Å². The first-order valence-electron chi connectivity index (χ1n) is 10.9. The number of carbonyl (C=O) groups excluding carboxylic acids is 2. The Morgan fingerprint density at radius 2 is 2.03 bits per heavy atom. The van der Waals surface area contributed by atoms with E-state index in [-0.39, 0.29) is 11.9 Å². The average molecular weight is 415 g/mol. The lowest BCUT2D eigenvalue weighted by atomic mass is 9.98. The summed E-state index contributed by atoms with van der Waals surface area (Å²) in [5.41, 5.74) is 1.93. The molecule has 2 heterocycles. The van der Waals surface area contributed by atoms with Crippen LogP contribution in [0, 0.1) is 5.92 Å². The minimum Gasteiger partial charge on any atom is -0.444 e. The Kier molecular flexibility index (Phi) is 7.24. The maximum Gasteiger partial charge on any atom is 0.407 e. The number of urea groups is 1. The second-order valence-electron chi connectivity index (χ2n) is 9.03. The largest absolute Gasteiger partial charge is 0.444 e. The van der Waals surface area contributed by atoms with Gasteiger partial charge in [-0.3, -0.25) is 0 Å². The van der Waals surface area contributed by atoms with Gasteiger partial charge in [-0.25, -0.2) is 9.59 Å². The number of aryl methyl sites for hydroxylation is 1. The molecule has 1 atom stereocenters. The zero-order valence-corrected chi connectivity index (χ0v) is 18.3. The zero-order chi connectivity index (χ0) is 21.6. The number of likely N-dealkylation sites (tertiary alicyclic amines) is 1. The third-order valence-corrected chi connectivity index (χ3v) is 5.31. The van der Waals surface area contributed by atoms with Crippen LogP contribution in [0.1, 0.15) is 45.6 Å². The molecular formula is C23H34N4O3. The summed E-state index contributed by atoms with van der Waals surface area (Å²) in [7, 11) is 0. The van der Waals surface area contributed by atoms with Gasteiger partial charge in [0.1, 0.15) is 5.60 Å². The first-order chi connectivity index (χ1) is 14.3. The molecule has 2 aromatic rings. The molecule has 0 aliphatic carbocycles. The lowest BCUT2D eigenvalue weighted by Gasteiger charge is -2.33. The van der Waals surface area contributed by atoms with Crippen molar-refractivity contribution >= 4 is 23.0 Å². The van der Waals surface area contributed by atoms with E-state index in [4.69, 9.17) is 4.74 Å². The van der Waals surface area contributed by atoms with Gasteiger partial charge >= 0.3 is 12.1 Å². The van der Waals surface area contributed by atoms with Crippen molar-refractivity contribution in [2.75, 3.05) is 26.2 Å². The number of alkyl carbamates (subject to hydrolysis) is 1. The number of aromatic amines is 1. The normalized spacial score (nSPS) is 17.0. The molecule has 164 valence electrons. The number of piperidine rings is 1. The highest BCUT2D eigenvalue weighted by molar-refractivity contribution is 5.83. The number of para-hydroxylation sites is 1. The molecule has 7 heteroatoms. The summed E-state index contributed by atoms with van der Waals surface area (Å²) < 4.78 is 5.28. The summed E-state index contributed by atoms with van der Waals surface area (Å²) in [5.74, 6) is 0.253. The van der Waals surface area contributed by atoms with Gasteiger partial charge in [-0.2, -0.15) is 0 Å². The molecule has 1 aliphatic heterocycles. The molecule has 7 nitrogen and oxygen atoms in total. The van der Waals surface area contributed by atoms with Gasteiger partial charge in [-0.05, 0) is 64.0 Å². The van der Waals surface area contributed by atoms with E-state index < -0.39 is 11.7 Å². The van der Waals surface area contributed by atoms with Gasteiger partial charge in [0.05, 0.1) is 0 Å². The highest BCUT2D eigenvalue weighted by Gasteiger charge is 2.24. The Balaban J connectivity index is 1.37. The Morgan fingerprint density at radius 1 is 1.23 bits per heavy atom. The topological polar surface area (TPSA) is 86.5 Å². The minimum atomic E-state index is -0.505. The molecular weight excluding hydrogens is 380 g/mol. The molecule has 0 bridgehead atoms. The van der Waals surface area contributed by atoms with Crippen molar-refractivity contribution in [2.24, 2.45) is 5.92 Å². The molecule has 0 spiro atoms. The maximum atomic E-state index is 12.5. The molecule has 1 aromatic heterocycles. The molecule has 3 N–H and O–H groups in total. The fourth-order valence-electron chi connectivity index (χ4n) is 3.88. The van der Waals surface area contributed by atoms with Crippen LogP contribution in [0.15, 0.2) is 30.5 Å². The molecule has 0 saturated carbocycles. The first kappa shape index (κ1) is 22.0.